The molecule has 0 radical (unpaired) electrons. The monoisotopic (exact) mass is 243 g/mol. The lowest BCUT2D eigenvalue weighted by molar-refractivity contribution is -0.156. The normalized spacial score (nSPS) is 24.7. The van der Waals surface area contributed by atoms with Gasteiger partial charge in [0.25, 0.3) is 5.91 Å². The maximum atomic E-state index is 12.1. The molecule has 0 saturated carbocycles. The van der Waals surface area contributed by atoms with Gasteiger partial charge in [0.15, 0.2) is 6.10 Å². The molecule has 5 nitrogen and oxygen atoms in total. The molecule has 1 amide bonds. The summed E-state index contributed by atoms with van der Waals surface area (Å²) in [4.78, 5) is 24.5. The molecule has 2 unspecified atom stereocenters. The number of likely N-dealkylation sites (N-methyl/N-ethyl adjacent to an activating group) is 1. The number of ether oxygens (including phenoxy) is 1. The van der Waals surface area contributed by atoms with Gasteiger partial charge in [0.05, 0.1) is 0 Å². The van der Waals surface area contributed by atoms with E-state index in [1.165, 1.54) is 0 Å². The van der Waals surface area contributed by atoms with E-state index in [0.29, 0.717) is 12.8 Å². The van der Waals surface area contributed by atoms with Crippen LogP contribution in [0.25, 0.3) is 0 Å². The third-order valence-corrected chi connectivity index (χ3v) is 3.67. The van der Waals surface area contributed by atoms with Crippen LogP contribution in [0.5, 0.6) is 0 Å². The quantitative estimate of drug-likeness (QED) is 0.807. The Labute approximate surface area is 102 Å². The predicted octanol–water partition coefficient (Wildman–Crippen LogP) is 1.27. The van der Waals surface area contributed by atoms with Crippen molar-refractivity contribution in [2.24, 2.45) is 0 Å². The summed E-state index contributed by atoms with van der Waals surface area (Å²) in [5.41, 5.74) is -0.234. The van der Waals surface area contributed by atoms with Crippen molar-refractivity contribution in [1.82, 2.24) is 4.90 Å². The highest BCUT2D eigenvalue weighted by molar-refractivity contribution is 5.83. The van der Waals surface area contributed by atoms with E-state index in [9.17, 15) is 9.59 Å². The number of carbonyl (C=O) groups is 2. The lowest BCUT2D eigenvalue weighted by atomic mass is 9.99. The van der Waals surface area contributed by atoms with Crippen molar-refractivity contribution >= 4 is 11.9 Å². The van der Waals surface area contributed by atoms with Gasteiger partial charge >= 0.3 is 5.97 Å². The second kappa shape index (κ2) is 5.04. The summed E-state index contributed by atoms with van der Waals surface area (Å²) < 4.78 is 5.25. The average molecular weight is 243 g/mol. The summed E-state index contributed by atoms with van der Waals surface area (Å²) in [5.74, 6) is -1.11. The Balaban J connectivity index is 2.64. The average Bonchev–Trinajstić information content (AvgIpc) is 2.76. The van der Waals surface area contributed by atoms with E-state index < -0.39 is 18.2 Å². The molecule has 98 valence electrons. The zero-order valence-electron chi connectivity index (χ0n) is 10.9. The standard InChI is InChI=1S/C12H21NO4/c1-5-12(2,3)13(4)10(14)8-6-7-9(17-8)11(15)16/h8-9H,5-7H2,1-4H3,(H,15,16). The van der Waals surface area contributed by atoms with E-state index in [4.69, 9.17) is 9.84 Å². The molecule has 0 bridgehead atoms. The molecular weight excluding hydrogens is 222 g/mol. The molecule has 1 fully saturated rings. The van der Waals surface area contributed by atoms with Crippen molar-refractivity contribution in [1.29, 1.82) is 0 Å². The number of rotatable bonds is 4. The number of amides is 1. The Hall–Kier alpha value is -1.10. The molecule has 0 aromatic carbocycles. The van der Waals surface area contributed by atoms with Gasteiger partial charge in [-0.25, -0.2) is 4.79 Å². The number of carboxylic acid groups (broad SMARTS) is 1. The highest BCUT2D eigenvalue weighted by Crippen LogP contribution is 2.25. The van der Waals surface area contributed by atoms with Crippen LogP contribution in [0.3, 0.4) is 0 Å². The van der Waals surface area contributed by atoms with Gasteiger partial charge in [-0.15, -0.1) is 0 Å². The van der Waals surface area contributed by atoms with E-state index in [1.807, 2.05) is 20.8 Å². The zero-order chi connectivity index (χ0) is 13.2. The SMILES string of the molecule is CCC(C)(C)N(C)C(=O)C1CCC(C(=O)O)O1. The highest BCUT2D eigenvalue weighted by Gasteiger charge is 2.38. The minimum atomic E-state index is -0.988. The first kappa shape index (κ1) is 14.0. The summed E-state index contributed by atoms with van der Waals surface area (Å²) in [6.07, 6.45) is 0.296. The van der Waals surface area contributed by atoms with Gasteiger partial charge in [0.1, 0.15) is 6.10 Å². The molecule has 0 aromatic rings. The third kappa shape index (κ3) is 2.97. The van der Waals surface area contributed by atoms with Gasteiger partial charge in [0, 0.05) is 12.6 Å². The molecule has 0 spiro atoms. The largest absolute Gasteiger partial charge is 0.479 e. The van der Waals surface area contributed by atoms with Crippen molar-refractivity contribution in [3.05, 3.63) is 0 Å². The van der Waals surface area contributed by atoms with Crippen LogP contribution in [0.2, 0.25) is 0 Å². The van der Waals surface area contributed by atoms with E-state index in [2.05, 4.69) is 0 Å². The van der Waals surface area contributed by atoms with Crippen LogP contribution < -0.4 is 0 Å². The summed E-state index contributed by atoms with van der Waals surface area (Å²) in [6, 6.07) is 0. The number of nitrogens with zero attached hydrogens (tertiary/aromatic N) is 1. The maximum Gasteiger partial charge on any atom is 0.332 e. The van der Waals surface area contributed by atoms with Crippen molar-refractivity contribution < 1.29 is 19.4 Å². The molecule has 1 saturated heterocycles. The van der Waals surface area contributed by atoms with Crippen LogP contribution in [0.4, 0.5) is 0 Å². The molecular formula is C12H21NO4. The fourth-order valence-corrected chi connectivity index (χ4v) is 1.75. The minimum Gasteiger partial charge on any atom is -0.479 e. The minimum absolute atomic E-state index is 0.124. The number of carbonyl (C=O) groups excluding carboxylic acids is 1. The first-order valence-corrected chi connectivity index (χ1v) is 5.95. The van der Waals surface area contributed by atoms with Crippen LogP contribution in [-0.2, 0) is 14.3 Å². The predicted molar refractivity (Wildman–Crippen MR) is 62.7 cm³/mol. The Morgan fingerprint density at radius 2 is 1.88 bits per heavy atom. The molecule has 0 aliphatic carbocycles. The van der Waals surface area contributed by atoms with Crippen molar-refractivity contribution in [3.63, 3.8) is 0 Å². The lowest BCUT2D eigenvalue weighted by Crippen LogP contribution is -2.48. The Bertz CT molecular complexity index is 314. The van der Waals surface area contributed by atoms with E-state index in [1.54, 1.807) is 11.9 Å². The maximum absolute atomic E-state index is 12.1. The Kier molecular flexibility index (Phi) is 4.14. The van der Waals surface area contributed by atoms with Gasteiger partial charge in [-0.05, 0) is 33.1 Å². The molecule has 1 N–H and O–H groups in total. The van der Waals surface area contributed by atoms with Crippen LogP contribution >= 0.6 is 0 Å². The summed E-state index contributed by atoms with van der Waals surface area (Å²) in [7, 11) is 1.74. The number of hydrogen-bond acceptors (Lipinski definition) is 3. The summed E-state index contributed by atoms with van der Waals surface area (Å²) in [6.45, 7) is 5.97. The van der Waals surface area contributed by atoms with Crippen LogP contribution in [-0.4, -0.2) is 46.7 Å². The first-order valence-electron chi connectivity index (χ1n) is 5.95. The van der Waals surface area contributed by atoms with E-state index >= 15 is 0 Å². The number of aliphatic carboxylic acids is 1. The van der Waals surface area contributed by atoms with Crippen molar-refractivity contribution in [2.75, 3.05) is 7.05 Å². The second-order valence-electron chi connectivity index (χ2n) is 5.09. The second-order valence-corrected chi connectivity index (χ2v) is 5.09. The van der Waals surface area contributed by atoms with Crippen LogP contribution in [0.15, 0.2) is 0 Å². The van der Waals surface area contributed by atoms with E-state index in [0.717, 1.165) is 6.42 Å². The molecule has 1 heterocycles. The van der Waals surface area contributed by atoms with Gasteiger partial charge in [-0.3, -0.25) is 4.79 Å². The third-order valence-electron chi connectivity index (χ3n) is 3.67. The Morgan fingerprint density at radius 3 is 2.29 bits per heavy atom. The molecule has 1 aliphatic rings. The lowest BCUT2D eigenvalue weighted by Gasteiger charge is -2.36. The fourth-order valence-electron chi connectivity index (χ4n) is 1.75. The molecule has 5 heteroatoms. The van der Waals surface area contributed by atoms with Crippen LogP contribution in [0, 0.1) is 0 Å². The Morgan fingerprint density at radius 1 is 1.35 bits per heavy atom. The van der Waals surface area contributed by atoms with Crippen molar-refractivity contribution in [2.45, 2.75) is 57.8 Å². The fraction of sp³-hybridized carbons (Fsp3) is 0.833. The molecule has 1 aliphatic heterocycles. The van der Waals surface area contributed by atoms with E-state index in [-0.39, 0.29) is 11.4 Å². The highest BCUT2D eigenvalue weighted by atomic mass is 16.5. The number of hydrogen-bond donors (Lipinski definition) is 1. The number of carboxylic acids is 1. The molecule has 2 atom stereocenters. The molecule has 1 rings (SSSR count). The van der Waals surface area contributed by atoms with Gasteiger partial charge in [-0.2, -0.15) is 0 Å². The van der Waals surface area contributed by atoms with Gasteiger partial charge < -0.3 is 14.7 Å². The summed E-state index contributed by atoms with van der Waals surface area (Å²) in [5, 5.41) is 8.81. The summed E-state index contributed by atoms with van der Waals surface area (Å²) >= 11 is 0. The molecule has 0 aromatic heterocycles. The topological polar surface area (TPSA) is 66.8 Å². The zero-order valence-corrected chi connectivity index (χ0v) is 10.9. The van der Waals surface area contributed by atoms with Crippen molar-refractivity contribution in [3.8, 4) is 0 Å². The van der Waals surface area contributed by atoms with Gasteiger partial charge in [-0.1, -0.05) is 6.92 Å². The first-order chi connectivity index (χ1) is 7.79. The smallest absolute Gasteiger partial charge is 0.332 e. The molecule has 17 heavy (non-hydrogen) atoms. The van der Waals surface area contributed by atoms with Gasteiger partial charge in [0.2, 0.25) is 0 Å². The van der Waals surface area contributed by atoms with Crippen LogP contribution in [0.1, 0.15) is 40.0 Å².